The van der Waals surface area contributed by atoms with Gasteiger partial charge >= 0.3 is 5.97 Å². The maximum absolute atomic E-state index is 11.2. The van der Waals surface area contributed by atoms with Crippen molar-refractivity contribution >= 4 is 5.97 Å². The molecule has 1 rings (SSSR count). The Labute approximate surface area is 114 Å². The lowest BCUT2D eigenvalue weighted by atomic mass is 10.2. The summed E-state index contributed by atoms with van der Waals surface area (Å²) in [5.41, 5.74) is 1.36. The van der Waals surface area contributed by atoms with Crippen LogP contribution in [0.5, 0.6) is 0 Å². The minimum Gasteiger partial charge on any atom is -0.465 e. The highest BCUT2D eigenvalue weighted by atomic mass is 16.5. The molecule has 5 heteroatoms. The summed E-state index contributed by atoms with van der Waals surface area (Å²) in [6.45, 7) is 5.14. The topological polar surface area (TPSA) is 60.5 Å². The van der Waals surface area contributed by atoms with E-state index in [1.54, 1.807) is 6.07 Å². The number of carbonyl (C=O) groups excluding carboxylic acids is 1. The van der Waals surface area contributed by atoms with E-state index in [-0.39, 0.29) is 5.97 Å². The molecule has 5 nitrogen and oxygen atoms in total. The number of esters is 1. The highest BCUT2D eigenvalue weighted by Crippen LogP contribution is 2.01. The number of nitrogens with one attached hydrogen (secondary N) is 1. The zero-order valence-corrected chi connectivity index (χ0v) is 11.6. The zero-order chi connectivity index (χ0) is 13.9. The second kappa shape index (κ2) is 9.47. The number of nitrogens with zero attached hydrogens (tertiary/aromatic N) is 1. The summed E-state index contributed by atoms with van der Waals surface area (Å²) < 4.78 is 10.0. The van der Waals surface area contributed by atoms with Crippen LogP contribution in [-0.2, 0) is 16.0 Å². The molecular formula is C14H22N2O3. The van der Waals surface area contributed by atoms with Gasteiger partial charge in [0.25, 0.3) is 0 Å². The summed E-state index contributed by atoms with van der Waals surface area (Å²) in [4.78, 5) is 15.4. The molecule has 0 aliphatic heterocycles. The monoisotopic (exact) mass is 266 g/mol. The Bertz CT molecular complexity index is 365. The van der Waals surface area contributed by atoms with Crippen LogP contribution in [0.1, 0.15) is 35.8 Å². The molecule has 1 N–H and O–H groups in total. The van der Waals surface area contributed by atoms with Gasteiger partial charge in [-0.3, -0.25) is 4.98 Å². The first-order chi connectivity index (χ1) is 9.27. The Morgan fingerprint density at radius 1 is 1.37 bits per heavy atom. The summed E-state index contributed by atoms with van der Waals surface area (Å²) in [7, 11) is 1.36. The molecule has 0 saturated carbocycles. The summed E-state index contributed by atoms with van der Waals surface area (Å²) in [5.74, 6) is -0.365. The third-order valence-electron chi connectivity index (χ3n) is 2.62. The maximum Gasteiger partial charge on any atom is 0.339 e. The predicted molar refractivity (Wildman–Crippen MR) is 73.0 cm³/mol. The lowest BCUT2D eigenvalue weighted by molar-refractivity contribution is 0.0600. The van der Waals surface area contributed by atoms with Gasteiger partial charge in [0, 0.05) is 25.9 Å². The average Bonchev–Trinajstić information content (AvgIpc) is 2.46. The number of rotatable bonds is 9. The molecule has 0 amide bonds. The van der Waals surface area contributed by atoms with E-state index in [0.717, 1.165) is 31.7 Å². The molecule has 0 saturated heterocycles. The summed E-state index contributed by atoms with van der Waals surface area (Å²) in [5, 5.41) is 3.24. The third-order valence-corrected chi connectivity index (χ3v) is 2.62. The smallest absolute Gasteiger partial charge is 0.339 e. The molecule has 0 spiro atoms. The van der Waals surface area contributed by atoms with E-state index in [1.165, 1.54) is 13.3 Å². The normalized spacial score (nSPS) is 10.4. The van der Waals surface area contributed by atoms with Crippen molar-refractivity contribution < 1.29 is 14.3 Å². The molecule has 1 heterocycles. The van der Waals surface area contributed by atoms with Crippen LogP contribution in [0.25, 0.3) is 0 Å². The highest BCUT2D eigenvalue weighted by molar-refractivity contribution is 5.88. The lowest BCUT2D eigenvalue weighted by Crippen LogP contribution is -2.20. The second-order valence-electron chi connectivity index (χ2n) is 4.17. The Hall–Kier alpha value is -1.46. The molecule has 0 aliphatic carbocycles. The fourth-order valence-electron chi connectivity index (χ4n) is 1.48. The van der Waals surface area contributed by atoms with Crippen molar-refractivity contribution in [2.45, 2.75) is 26.3 Å². The highest BCUT2D eigenvalue weighted by Gasteiger charge is 2.04. The van der Waals surface area contributed by atoms with Crippen LogP contribution < -0.4 is 5.32 Å². The van der Waals surface area contributed by atoms with Gasteiger partial charge in [0.05, 0.1) is 25.0 Å². The van der Waals surface area contributed by atoms with Crippen LogP contribution in [0.4, 0.5) is 0 Å². The molecule has 0 atom stereocenters. The standard InChI is InChI=1S/C14H22N2O3/c1-3-4-8-19-9-7-15-11-13-6-5-12(10-16-13)14(17)18-2/h5-6,10,15H,3-4,7-9,11H2,1-2H3. The van der Waals surface area contributed by atoms with Crippen molar-refractivity contribution in [2.75, 3.05) is 26.9 Å². The van der Waals surface area contributed by atoms with Gasteiger partial charge < -0.3 is 14.8 Å². The molecule has 0 unspecified atom stereocenters. The van der Waals surface area contributed by atoms with Crippen molar-refractivity contribution in [3.05, 3.63) is 29.6 Å². The van der Waals surface area contributed by atoms with E-state index in [4.69, 9.17) is 4.74 Å². The van der Waals surface area contributed by atoms with Crippen molar-refractivity contribution in [1.82, 2.24) is 10.3 Å². The van der Waals surface area contributed by atoms with Crippen molar-refractivity contribution in [3.8, 4) is 0 Å². The Kier molecular flexibility index (Phi) is 7.77. The fourth-order valence-corrected chi connectivity index (χ4v) is 1.48. The van der Waals surface area contributed by atoms with E-state index in [2.05, 4.69) is 22.0 Å². The van der Waals surface area contributed by atoms with Gasteiger partial charge in [-0.15, -0.1) is 0 Å². The minimum absolute atomic E-state index is 0.365. The van der Waals surface area contributed by atoms with E-state index < -0.39 is 0 Å². The average molecular weight is 266 g/mol. The second-order valence-corrected chi connectivity index (χ2v) is 4.17. The first kappa shape index (κ1) is 15.6. The number of unbranched alkanes of at least 4 members (excludes halogenated alkanes) is 1. The number of ether oxygens (including phenoxy) is 2. The van der Waals surface area contributed by atoms with Crippen molar-refractivity contribution in [2.24, 2.45) is 0 Å². The molecular weight excluding hydrogens is 244 g/mol. The van der Waals surface area contributed by atoms with Gasteiger partial charge in [0.15, 0.2) is 0 Å². The van der Waals surface area contributed by atoms with E-state index >= 15 is 0 Å². The van der Waals surface area contributed by atoms with Gasteiger partial charge in [-0.25, -0.2) is 4.79 Å². The van der Waals surface area contributed by atoms with Crippen LogP contribution >= 0.6 is 0 Å². The molecule has 1 aromatic rings. The largest absolute Gasteiger partial charge is 0.465 e. The molecule has 19 heavy (non-hydrogen) atoms. The first-order valence-corrected chi connectivity index (χ1v) is 6.59. The minimum atomic E-state index is -0.365. The number of hydrogen-bond donors (Lipinski definition) is 1. The molecule has 0 aromatic carbocycles. The van der Waals surface area contributed by atoms with Gasteiger partial charge in [0.2, 0.25) is 0 Å². The Morgan fingerprint density at radius 3 is 2.84 bits per heavy atom. The maximum atomic E-state index is 11.2. The van der Waals surface area contributed by atoms with Crippen LogP contribution in [0.15, 0.2) is 18.3 Å². The Balaban J connectivity index is 2.18. The van der Waals surface area contributed by atoms with Gasteiger partial charge in [0.1, 0.15) is 0 Å². The quantitative estimate of drug-likeness (QED) is 0.545. The molecule has 1 aromatic heterocycles. The van der Waals surface area contributed by atoms with E-state index in [9.17, 15) is 4.79 Å². The number of methoxy groups -OCH3 is 1. The zero-order valence-electron chi connectivity index (χ0n) is 11.6. The molecule has 106 valence electrons. The van der Waals surface area contributed by atoms with Crippen LogP contribution in [0.3, 0.4) is 0 Å². The van der Waals surface area contributed by atoms with E-state index in [1.807, 2.05) is 6.07 Å². The SMILES string of the molecule is CCCCOCCNCc1ccc(C(=O)OC)cn1. The molecule has 0 radical (unpaired) electrons. The van der Waals surface area contributed by atoms with Crippen molar-refractivity contribution in [1.29, 1.82) is 0 Å². The molecule has 0 aliphatic rings. The number of hydrogen-bond acceptors (Lipinski definition) is 5. The van der Waals surface area contributed by atoms with Crippen LogP contribution in [0, 0.1) is 0 Å². The van der Waals surface area contributed by atoms with Crippen LogP contribution in [0.2, 0.25) is 0 Å². The Morgan fingerprint density at radius 2 is 2.21 bits per heavy atom. The van der Waals surface area contributed by atoms with Crippen LogP contribution in [-0.4, -0.2) is 37.8 Å². The number of carbonyl (C=O) groups is 1. The third kappa shape index (κ3) is 6.31. The summed E-state index contributed by atoms with van der Waals surface area (Å²) in [6.07, 6.45) is 3.79. The molecule has 0 fully saturated rings. The van der Waals surface area contributed by atoms with Gasteiger partial charge in [-0.05, 0) is 18.6 Å². The summed E-state index contributed by atoms with van der Waals surface area (Å²) in [6, 6.07) is 3.53. The first-order valence-electron chi connectivity index (χ1n) is 6.59. The van der Waals surface area contributed by atoms with Crippen molar-refractivity contribution in [3.63, 3.8) is 0 Å². The predicted octanol–water partition coefficient (Wildman–Crippen LogP) is 1.77. The van der Waals surface area contributed by atoms with Gasteiger partial charge in [-0.2, -0.15) is 0 Å². The summed E-state index contributed by atoms with van der Waals surface area (Å²) >= 11 is 0. The van der Waals surface area contributed by atoms with Gasteiger partial charge in [-0.1, -0.05) is 13.3 Å². The van der Waals surface area contributed by atoms with E-state index in [0.29, 0.717) is 18.7 Å². The number of pyridine rings is 1. The lowest BCUT2D eigenvalue weighted by Gasteiger charge is -2.06. The molecule has 0 bridgehead atoms. The number of aromatic nitrogens is 1. The fraction of sp³-hybridized carbons (Fsp3) is 0.571.